The Bertz CT molecular complexity index is 2440. The van der Waals surface area contributed by atoms with Crippen LogP contribution < -0.4 is 0 Å². The first-order valence-corrected chi connectivity index (χ1v) is 14.1. The molecule has 0 fully saturated rings. The lowest BCUT2D eigenvalue weighted by Crippen LogP contribution is -2.03. The molecule has 0 radical (unpaired) electrons. The molecule has 0 aliphatic rings. The van der Waals surface area contributed by atoms with E-state index in [1.807, 2.05) is 35.9 Å². The smallest absolute Gasteiger partial charge is 0.235 e. The van der Waals surface area contributed by atoms with E-state index >= 15 is 0 Å². The van der Waals surface area contributed by atoms with Crippen LogP contribution in [0, 0.1) is 0 Å². The number of thiophene rings is 1. The average molecular weight is 529 g/mol. The summed E-state index contributed by atoms with van der Waals surface area (Å²) >= 11 is 1.84. The Labute approximate surface area is 232 Å². The van der Waals surface area contributed by atoms with Crippen molar-refractivity contribution in [2.24, 2.45) is 0 Å². The molecule has 4 aromatic heterocycles. The van der Waals surface area contributed by atoms with Gasteiger partial charge >= 0.3 is 0 Å². The predicted molar refractivity (Wildman–Crippen MR) is 168 cm³/mol. The fourth-order valence-corrected chi connectivity index (χ4v) is 7.47. The van der Waals surface area contributed by atoms with Gasteiger partial charge in [-0.1, -0.05) is 91.0 Å². The van der Waals surface area contributed by atoms with Gasteiger partial charge < -0.3 is 0 Å². The minimum atomic E-state index is 0.652. The predicted octanol–water partition coefficient (Wildman–Crippen LogP) is 9.31. The van der Waals surface area contributed by atoms with Crippen molar-refractivity contribution in [3.05, 3.63) is 122 Å². The van der Waals surface area contributed by atoms with Crippen molar-refractivity contribution < 1.29 is 0 Å². The number of para-hydroxylation sites is 1. The van der Waals surface area contributed by atoms with Crippen LogP contribution in [0.3, 0.4) is 0 Å². The van der Waals surface area contributed by atoms with Crippen molar-refractivity contribution in [1.29, 1.82) is 0 Å². The second-order valence-corrected chi connectivity index (χ2v) is 11.1. The Hall–Kier alpha value is -5.13. The fourth-order valence-electron chi connectivity index (χ4n) is 6.21. The van der Waals surface area contributed by atoms with Gasteiger partial charge in [0.25, 0.3) is 0 Å². The molecule has 5 heteroatoms. The third-order valence-corrected chi connectivity index (χ3v) is 9.06. The maximum absolute atomic E-state index is 5.28. The summed E-state index contributed by atoms with van der Waals surface area (Å²) in [5, 5.41) is 8.46. The molecule has 9 rings (SSSR count). The van der Waals surface area contributed by atoms with Gasteiger partial charge in [-0.2, -0.15) is 0 Å². The Kier molecular flexibility index (Phi) is 4.45. The van der Waals surface area contributed by atoms with Crippen LogP contribution in [0.25, 0.3) is 80.9 Å². The molecule has 4 heterocycles. The number of benzene rings is 5. The normalized spacial score (nSPS) is 12.0. The molecule has 0 aliphatic heterocycles. The van der Waals surface area contributed by atoms with E-state index in [-0.39, 0.29) is 0 Å². The molecule has 0 aliphatic carbocycles. The second-order valence-electron chi connectivity index (χ2n) is 10.1. The summed E-state index contributed by atoms with van der Waals surface area (Å²) in [6.07, 6.45) is 3.83. The third-order valence-electron chi connectivity index (χ3n) is 7.89. The number of hydrogen-bond acceptors (Lipinski definition) is 4. The lowest BCUT2D eigenvalue weighted by Gasteiger charge is -2.12. The van der Waals surface area contributed by atoms with Crippen molar-refractivity contribution in [2.45, 2.75) is 0 Å². The largest absolute Gasteiger partial charge is 0.275 e. The van der Waals surface area contributed by atoms with Crippen molar-refractivity contribution >= 4 is 75.0 Å². The van der Waals surface area contributed by atoms with Gasteiger partial charge in [0, 0.05) is 43.4 Å². The molecular formula is C35H20N4S. The molecular weight excluding hydrogens is 508 g/mol. The Morgan fingerprint density at radius 1 is 0.575 bits per heavy atom. The summed E-state index contributed by atoms with van der Waals surface area (Å²) in [7, 11) is 0. The van der Waals surface area contributed by atoms with Crippen molar-refractivity contribution in [1.82, 2.24) is 19.5 Å². The van der Waals surface area contributed by atoms with E-state index in [9.17, 15) is 0 Å². The van der Waals surface area contributed by atoms with E-state index in [1.54, 1.807) is 0 Å². The molecule has 0 unspecified atom stereocenters. The Morgan fingerprint density at radius 2 is 1.27 bits per heavy atom. The van der Waals surface area contributed by atoms with Crippen molar-refractivity contribution in [2.75, 3.05) is 0 Å². The number of fused-ring (bicyclic) bond motifs is 11. The molecule has 9 aromatic rings. The van der Waals surface area contributed by atoms with Crippen LogP contribution in [-0.2, 0) is 0 Å². The highest BCUT2D eigenvalue weighted by Gasteiger charge is 2.23. The summed E-state index contributed by atoms with van der Waals surface area (Å²) in [6.45, 7) is 0. The van der Waals surface area contributed by atoms with E-state index in [1.165, 1.54) is 36.3 Å². The highest BCUT2D eigenvalue weighted by Crippen LogP contribution is 2.47. The van der Waals surface area contributed by atoms with E-state index in [4.69, 9.17) is 9.97 Å². The number of nitrogens with zero attached hydrogens (tertiary/aromatic N) is 4. The SMILES string of the molecule is c1ccc(-c2nc(-n3c4cnccc4c4c5ccccc5c5c6ccccc6sc5c43)nc3ccccc23)cc1. The number of rotatable bonds is 2. The van der Waals surface area contributed by atoms with Gasteiger partial charge in [0.15, 0.2) is 0 Å². The molecule has 0 spiro atoms. The van der Waals surface area contributed by atoms with Crippen molar-refractivity contribution in [3.63, 3.8) is 0 Å². The minimum absolute atomic E-state index is 0.652. The van der Waals surface area contributed by atoms with Crippen LogP contribution in [0.4, 0.5) is 0 Å². The van der Waals surface area contributed by atoms with Crippen LogP contribution in [0.2, 0.25) is 0 Å². The van der Waals surface area contributed by atoms with Gasteiger partial charge in [0.2, 0.25) is 5.95 Å². The maximum atomic E-state index is 5.28. The standard InChI is InChI=1S/C35H20N4S/c1-2-10-21(11-3-1)32-24-14-6-8-16-27(24)37-35(38-32)39-28-20-36-19-18-25(28)30-22-12-4-5-13-23(22)31-26-15-7-9-17-29(26)40-34(31)33(30)39/h1-20H. The van der Waals surface area contributed by atoms with Crippen molar-refractivity contribution in [3.8, 4) is 17.2 Å². The first-order chi connectivity index (χ1) is 19.9. The minimum Gasteiger partial charge on any atom is -0.275 e. The summed E-state index contributed by atoms with van der Waals surface area (Å²) in [4.78, 5) is 15.0. The molecule has 0 bridgehead atoms. The van der Waals surface area contributed by atoms with Crippen LogP contribution >= 0.6 is 11.3 Å². The van der Waals surface area contributed by atoms with E-state index < -0.39 is 0 Å². The summed E-state index contributed by atoms with van der Waals surface area (Å²) < 4.78 is 4.75. The molecule has 0 saturated heterocycles. The highest BCUT2D eigenvalue weighted by atomic mass is 32.1. The fraction of sp³-hybridized carbons (Fsp3) is 0. The van der Waals surface area contributed by atoms with Crippen LogP contribution in [0.1, 0.15) is 0 Å². The lowest BCUT2D eigenvalue weighted by molar-refractivity contribution is 1.01. The van der Waals surface area contributed by atoms with E-state index in [0.29, 0.717) is 5.95 Å². The van der Waals surface area contributed by atoms with Gasteiger partial charge in [-0.3, -0.25) is 9.55 Å². The topological polar surface area (TPSA) is 43.6 Å². The van der Waals surface area contributed by atoms with Gasteiger partial charge in [0.1, 0.15) is 0 Å². The van der Waals surface area contributed by atoms with Crippen LogP contribution in [0.5, 0.6) is 0 Å². The van der Waals surface area contributed by atoms with Gasteiger partial charge in [-0.15, -0.1) is 11.3 Å². The van der Waals surface area contributed by atoms with E-state index in [2.05, 4.69) is 107 Å². The molecule has 0 atom stereocenters. The highest BCUT2D eigenvalue weighted by molar-refractivity contribution is 7.27. The summed E-state index contributed by atoms with van der Waals surface area (Å²) in [6, 6.07) is 38.2. The molecule has 40 heavy (non-hydrogen) atoms. The van der Waals surface area contributed by atoms with Gasteiger partial charge in [0.05, 0.1) is 33.1 Å². The zero-order valence-electron chi connectivity index (χ0n) is 21.2. The molecule has 5 aromatic carbocycles. The maximum Gasteiger partial charge on any atom is 0.235 e. The molecule has 0 amide bonds. The summed E-state index contributed by atoms with van der Waals surface area (Å²) in [5.41, 5.74) is 5.04. The molecule has 0 saturated carbocycles. The molecule has 0 N–H and O–H groups in total. The number of hydrogen-bond donors (Lipinski definition) is 0. The van der Waals surface area contributed by atoms with Crippen LogP contribution in [-0.4, -0.2) is 19.5 Å². The zero-order chi connectivity index (χ0) is 26.2. The van der Waals surface area contributed by atoms with Gasteiger partial charge in [-0.05, 0) is 29.0 Å². The second kappa shape index (κ2) is 8.18. The van der Waals surface area contributed by atoms with Crippen LogP contribution in [0.15, 0.2) is 122 Å². The Morgan fingerprint density at radius 3 is 2.12 bits per heavy atom. The Balaban J connectivity index is 1.54. The first-order valence-electron chi connectivity index (χ1n) is 13.3. The number of pyridine rings is 1. The number of aromatic nitrogens is 4. The summed E-state index contributed by atoms with van der Waals surface area (Å²) in [5.74, 6) is 0.652. The monoisotopic (exact) mass is 528 g/mol. The average Bonchev–Trinajstić information content (AvgIpc) is 3.58. The molecule has 4 nitrogen and oxygen atoms in total. The zero-order valence-corrected chi connectivity index (χ0v) is 22.1. The quantitative estimate of drug-likeness (QED) is 0.225. The van der Waals surface area contributed by atoms with E-state index in [0.717, 1.165) is 38.6 Å². The first kappa shape index (κ1) is 21.8. The lowest BCUT2D eigenvalue weighted by atomic mass is 9.99. The third kappa shape index (κ3) is 2.92. The van der Waals surface area contributed by atoms with Gasteiger partial charge in [-0.25, -0.2) is 9.97 Å². The molecule has 186 valence electrons.